The highest BCUT2D eigenvalue weighted by atomic mass is 35.5. The molecule has 2 N–H and O–H groups in total. The van der Waals surface area contributed by atoms with Crippen LogP contribution in [0.1, 0.15) is 32.6 Å². The Hall–Kier alpha value is 0.170. The number of rotatable bonds is 1. The third-order valence-electron chi connectivity index (χ3n) is 3.66. The number of nitrogens with zero attached hydrogens (tertiary/aromatic N) is 1. The van der Waals surface area contributed by atoms with E-state index in [0.717, 1.165) is 38.5 Å². The Bertz CT molecular complexity index is 183. The maximum atomic E-state index is 9.85. The van der Waals surface area contributed by atoms with Crippen molar-refractivity contribution in [1.29, 1.82) is 0 Å². The molecule has 0 aromatic rings. The molecule has 2 saturated heterocycles. The van der Waals surface area contributed by atoms with Crippen molar-refractivity contribution < 1.29 is 5.11 Å². The maximum Gasteiger partial charge on any atom is 0.0644 e. The second-order valence-corrected chi connectivity index (χ2v) is 5.03. The minimum atomic E-state index is -0.404. The Balaban J connectivity index is 0.00000112. The fourth-order valence-corrected chi connectivity index (χ4v) is 2.52. The lowest BCUT2D eigenvalue weighted by Crippen LogP contribution is -2.51. The summed E-state index contributed by atoms with van der Waals surface area (Å²) in [5, 5.41) is 13.3. The Morgan fingerprint density at radius 2 is 2.00 bits per heavy atom. The van der Waals surface area contributed by atoms with Crippen LogP contribution >= 0.6 is 12.4 Å². The lowest BCUT2D eigenvalue weighted by atomic mass is 9.92. The summed E-state index contributed by atoms with van der Waals surface area (Å²) in [4.78, 5) is 2.55. The van der Waals surface area contributed by atoms with Gasteiger partial charge >= 0.3 is 0 Å². The molecule has 0 radical (unpaired) electrons. The van der Waals surface area contributed by atoms with Crippen LogP contribution in [0.2, 0.25) is 0 Å². The quantitative estimate of drug-likeness (QED) is 0.711. The predicted molar refractivity (Wildman–Crippen MR) is 64.6 cm³/mol. The first-order valence-corrected chi connectivity index (χ1v) is 5.84. The highest BCUT2D eigenvalue weighted by Gasteiger charge is 2.30. The second kappa shape index (κ2) is 5.48. The fourth-order valence-electron chi connectivity index (χ4n) is 2.52. The van der Waals surface area contributed by atoms with E-state index in [1.165, 1.54) is 19.4 Å². The molecule has 0 aromatic carbocycles. The number of aliphatic hydroxyl groups is 1. The van der Waals surface area contributed by atoms with Gasteiger partial charge in [0.25, 0.3) is 0 Å². The highest BCUT2D eigenvalue weighted by molar-refractivity contribution is 5.85. The van der Waals surface area contributed by atoms with Gasteiger partial charge in [0, 0.05) is 25.7 Å². The summed E-state index contributed by atoms with van der Waals surface area (Å²) < 4.78 is 0. The molecule has 15 heavy (non-hydrogen) atoms. The molecule has 0 saturated carbocycles. The summed E-state index contributed by atoms with van der Waals surface area (Å²) in [5.74, 6) is 0. The van der Waals surface area contributed by atoms with Crippen molar-refractivity contribution in [2.45, 2.75) is 44.2 Å². The van der Waals surface area contributed by atoms with E-state index < -0.39 is 5.60 Å². The third kappa shape index (κ3) is 3.59. The Labute approximate surface area is 98.6 Å². The molecule has 3 nitrogen and oxygen atoms in total. The van der Waals surface area contributed by atoms with E-state index in [4.69, 9.17) is 0 Å². The Morgan fingerprint density at radius 1 is 1.33 bits per heavy atom. The molecular formula is C11H23ClN2O. The minimum absolute atomic E-state index is 0. The molecule has 2 rings (SSSR count). The van der Waals surface area contributed by atoms with Gasteiger partial charge in [0.15, 0.2) is 0 Å². The monoisotopic (exact) mass is 234 g/mol. The molecule has 2 aliphatic rings. The van der Waals surface area contributed by atoms with Crippen molar-refractivity contribution in [1.82, 2.24) is 10.2 Å². The molecule has 2 fully saturated rings. The van der Waals surface area contributed by atoms with Crippen molar-refractivity contribution in [3.05, 3.63) is 0 Å². The fraction of sp³-hybridized carbons (Fsp3) is 1.00. The Kier molecular flexibility index (Phi) is 4.84. The number of likely N-dealkylation sites (tertiary alicyclic amines) is 1. The van der Waals surface area contributed by atoms with Crippen LogP contribution in [-0.4, -0.2) is 47.8 Å². The van der Waals surface area contributed by atoms with E-state index in [9.17, 15) is 5.11 Å². The van der Waals surface area contributed by atoms with Crippen molar-refractivity contribution in [3.8, 4) is 0 Å². The van der Waals surface area contributed by atoms with E-state index >= 15 is 0 Å². The van der Waals surface area contributed by atoms with Gasteiger partial charge in [-0.15, -0.1) is 12.4 Å². The molecule has 0 aromatic heterocycles. The normalized spacial score (nSPS) is 32.0. The van der Waals surface area contributed by atoms with E-state index in [1.54, 1.807) is 0 Å². The average molecular weight is 235 g/mol. The van der Waals surface area contributed by atoms with Crippen molar-refractivity contribution in [2.75, 3.05) is 26.2 Å². The van der Waals surface area contributed by atoms with Crippen LogP contribution in [0.25, 0.3) is 0 Å². The Morgan fingerprint density at radius 3 is 2.53 bits per heavy atom. The van der Waals surface area contributed by atoms with Crippen LogP contribution < -0.4 is 5.32 Å². The van der Waals surface area contributed by atoms with Gasteiger partial charge in [0.05, 0.1) is 5.60 Å². The molecule has 0 spiro atoms. The zero-order valence-corrected chi connectivity index (χ0v) is 10.4. The lowest BCUT2D eigenvalue weighted by molar-refractivity contribution is -0.0190. The second-order valence-electron chi connectivity index (χ2n) is 5.03. The molecule has 2 aliphatic heterocycles. The molecular weight excluding hydrogens is 212 g/mol. The molecule has 0 amide bonds. The first kappa shape index (κ1) is 13.2. The number of piperidine rings is 2. The van der Waals surface area contributed by atoms with Gasteiger partial charge in [-0.1, -0.05) is 0 Å². The van der Waals surface area contributed by atoms with Crippen LogP contribution in [0.5, 0.6) is 0 Å². The molecule has 90 valence electrons. The van der Waals surface area contributed by atoms with Crippen LogP contribution in [0.4, 0.5) is 0 Å². The summed E-state index contributed by atoms with van der Waals surface area (Å²) in [6.07, 6.45) is 4.50. The SMILES string of the molecule is CC1(O)CCN(C2CCCNC2)CC1.Cl. The first-order valence-electron chi connectivity index (χ1n) is 5.84. The summed E-state index contributed by atoms with van der Waals surface area (Å²) in [6.45, 7) is 6.42. The van der Waals surface area contributed by atoms with Crippen LogP contribution in [0, 0.1) is 0 Å². The standard InChI is InChI=1S/C11H22N2O.ClH/c1-11(14)4-7-13(8-5-11)10-3-2-6-12-9-10;/h10,12,14H,2-9H2,1H3;1H. The summed E-state index contributed by atoms with van der Waals surface area (Å²) in [6, 6.07) is 0.722. The zero-order chi connectivity index (χ0) is 10.0. The molecule has 1 unspecified atom stereocenters. The first-order chi connectivity index (χ1) is 6.67. The summed E-state index contributed by atoms with van der Waals surface area (Å²) in [5.41, 5.74) is -0.404. The van der Waals surface area contributed by atoms with Crippen molar-refractivity contribution >= 4 is 12.4 Å². The van der Waals surface area contributed by atoms with E-state index in [0.29, 0.717) is 0 Å². The topological polar surface area (TPSA) is 35.5 Å². The number of halogens is 1. The highest BCUT2D eigenvalue weighted by Crippen LogP contribution is 2.24. The third-order valence-corrected chi connectivity index (χ3v) is 3.66. The van der Waals surface area contributed by atoms with Crippen LogP contribution in [0.3, 0.4) is 0 Å². The van der Waals surface area contributed by atoms with E-state index in [-0.39, 0.29) is 12.4 Å². The number of hydrogen-bond acceptors (Lipinski definition) is 3. The molecule has 1 atom stereocenters. The zero-order valence-electron chi connectivity index (χ0n) is 9.54. The molecule has 0 bridgehead atoms. The van der Waals surface area contributed by atoms with E-state index in [2.05, 4.69) is 10.2 Å². The van der Waals surface area contributed by atoms with Gasteiger partial charge in [0.2, 0.25) is 0 Å². The molecule has 0 aliphatic carbocycles. The van der Waals surface area contributed by atoms with Crippen LogP contribution in [-0.2, 0) is 0 Å². The minimum Gasteiger partial charge on any atom is -0.390 e. The van der Waals surface area contributed by atoms with Gasteiger partial charge in [0.1, 0.15) is 0 Å². The van der Waals surface area contributed by atoms with Gasteiger partial charge in [-0.05, 0) is 39.2 Å². The average Bonchev–Trinajstić information content (AvgIpc) is 2.19. The number of nitrogens with one attached hydrogen (secondary N) is 1. The van der Waals surface area contributed by atoms with Crippen molar-refractivity contribution in [3.63, 3.8) is 0 Å². The molecule has 4 heteroatoms. The maximum absolute atomic E-state index is 9.85. The van der Waals surface area contributed by atoms with E-state index in [1.807, 2.05) is 6.92 Å². The molecule has 2 heterocycles. The van der Waals surface area contributed by atoms with Crippen LogP contribution in [0.15, 0.2) is 0 Å². The largest absolute Gasteiger partial charge is 0.390 e. The van der Waals surface area contributed by atoms with Gasteiger partial charge < -0.3 is 10.4 Å². The predicted octanol–water partition coefficient (Wildman–Crippen LogP) is 1.01. The van der Waals surface area contributed by atoms with Crippen molar-refractivity contribution in [2.24, 2.45) is 0 Å². The summed E-state index contributed by atoms with van der Waals surface area (Å²) in [7, 11) is 0. The van der Waals surface area contributed by atoms with Gasteiger partial charge in [-0.3, -0.25) is 4.90 Å². The smallest absolute Gasteiger partial charge is 0.0644 e. The number of hydrogen-bond donors (Lipinski definition) is 2. The summed E-state index contributed by atoms with van der Waals surface area (Å²) >= 11 is 0. The van der Waals surface area contributed by atoms with Gasteiger partial charge in [-0.25, -0.2) is 0 Å². The lowest BCUT2D eigenvalue weighted by Gasteiger charge is -2.41. The van der Waals surface area contributed by atoms with Gasteiger partial charge in [-0.2, -0.15) is 0 Å².